The molecule has 1 aliphatic heterocycles. The number of aryl methyl sites for hydroxylation is 1. The lowest BCUT2D eigenvalue weighted by Gasteiger charge is -2.23. The number of thiazole rings is 1. The fourth-order valence-electron chi connectivity index (χ4n) is 3.43. The summed E-state index contributed by atoms with van der Waals surface area (Å²) in [5, 5.41) is 0.709. The number of benzene rings is 2. The summed E-state index contributed by atoms with van der Waals surface area (Å²) in [6, 6.07) is 11.6. The summed E-state index contributed by atoms with van der Waals surface area (Å²) >= 11 is 1.51. The van der Waals surface area contributed by atoms with E-state index in [1.165, 1.54) is 16.2 Å². The average molecular weight is 413 g/mol. The lowest BCUT2D eigenvalue weighted by atomic mass is 10.1. The zero-order chi connectivity index (χ0) is 20.4. The Morgan fingerprint density at radius 1 is 1.14 bits per heavy atom. The van der Waals surface area contributed by atoms with Gasteiger partial charge in [-0.1, -0.05) is 29.0 Å². The Balaban J connectivity index is 1.68. The van der Waals surface area contributed by atoms with Gasteiger partial charge < -0.3 is 14.4 Å². The van der Waals surface area contributed by atoms with Crippen molar-refractivity contribution in [3.05, 3.63) is 47.5 Å². The Morgan fingerprint density at radius 3 is 2.52 bits per heavy atom. The van der Waals surface area contributed by atoms with Crippen LogP contribution in [0, 0.1) is 6.92 Å². The van der Waals surface area contributed by atoms with Crippen molar-refractivity contribution in [3.63, 3.8) is 0 Å². The highest BCUT2D eigenvalue weighted by Gasteiger charge is 2.24. The number of hydrogen-bond acceptors (Lipinski definition) is 5. The van der Waals surface area contributed by atoms with Crippen molar-refractivity contribution in [1.82, 2.24) is 4.98 Å². The molecule has 0 aliphatic carbocycles. The van der Waals surface area contributed by atoms with E-state index in [-0.39, 0.29) is 12.7 Å². The minimum Gasteiger partial charge on any atom is -0.454 e. The minimum atomic E-state index is -0.0179. The molecule has 29 heavy (non-hydrogen) atoms. The normalized spacial score (nSPS) is 12.7. The molecule has 7 heteroatoms. The number of rotatable bonds is 7. The van der Waals surface area contributed by atoms with Crippen molar-refractivity contribution < 1.29 is 19.2 Å². The smallest absolute Gasteiger partial charge is 0.260 e. The van der Waals surface area contributed by atoms with Crippen molar-refractivity contribution in [2.45, 2.75) is 20.8 Å². The van der Waals surface area contributed by atoms with E-state index < -0.39 is 0 Å². The fourth-order valence-corrected chi connectivity index (χ4v) is 4.43. The fraction of sp³-hybridized carbons (Fsp3) is 0.364. The first-order valence-electron chi connectivity index (χ1n) is 10.0. The highest BCUT2D eigenvalue weighted by Crippen LogP contribution is 2.39. The maximum Gasteiger partial charge on any atom is 0.260 e. The number of fused-ring (bicyclic) bond motifs is 2. The minimum absolute atomic E-state index is 0.0179. The maximum atomic E-state index is 13.4. The van der Waals surface area contributed by atoms with Crippen molar-refractivity contribution in [3.8, 4) is 11.5 Å². The molecule has 0 bridgehead atoms. The van der Waals surface area contributed by atoms with Crippen LogP contribution >= 0.6 is 11.3 Å². The molecule has 0 spiro atoms. The molecule has 4 rings (SSSR count). The standard InChI is InChI=1S/C22H25N3O3S/c1-4-24(5-2)10-11-25(21(26)16-8-6-15(3)7-9-16)22-23-17-12-18-19(28-14-27-18)13-20(17)29-22/h6-9,12-13H,4-5,10-11,14H2,1-3H3/p+1. The number of nitrogens with zero attached hydrogens (tertiary/aromatic N) is 2. The number of carbonyl (C=O) groups is 1. The quantitative estimate of drug-likeness (QED) is 0.648. The van der Waals surface area contributed by atoms with Crippen LogP contribution in [0.25, 0.3) is 10.2 Å². The van der Waals surface area contributed by atoms with Gasteiger partial charge in [0, 0.05) is 17.7 Å². The monoisotopic (exact) mass is 412 g/mol. The van der Waals surface area contributed by atoms with Gasteiger partial charge in [-0.25, -0.2) is 4.98 Å². The summed E-state index contributed by atoms with van der Waals surface area (Å²) in [7, 11) is 0. The molecule has 0 fully saturated rings. The van der Waals surface area contributed by atoms with Gasteiger partial charge in [-0.2, -0.15) is 0 Å². The Hall–Kier alpha value is -2.64. The second-order valence-corrected chi connectivity index (χ2v) is 8.21. The van der Waals surface area contributed by atoms with Crippen molar-refractivity contribution in [1.29, 1.82) is 0 Å². The summed E-state index contributed by atoms with van der Waals surface area (Å²) in [5.74, 6) is 1.42. The van der Waals surface area contributed by atoms with Gasteiger partial charge >= 0.3 is 0 Å². The number of nitrogens with one attached hydrogen (secondary N) is 1. The molecular formula is C22H26N3O3S+. The van der Waals surface area contributed by atoms with Gasteiger partial charge in [-0.05, 0) is 32.9 Å². The van der Waals surface area contributed by atoms with E-state index in [9.17, 15) is 4.79 Å². The van der Waals surface area contributed by atoms with Gasteiger partial charge in [-0.15, -0.1) is 0 Å². The third-order valence-electron chi connectivity index (χ3n) is 5.34. The first kappa shape index (κ1) is 19.7. The molecular weight excluding hydrogens is 386 g/mol. The SMILES string of the molecule is CC[NH+](CC)CCN(C(=O)c1ccc(C)cc1)c1nc2cc3c(cc2s1)OCO3. The zero-order valence-corrected chi connectivity index (χ0v) is 17.8. The molecule has 0 atom stereocenters. The van der Waals surface area contributed by atoms with E-state index in [1.807, 2.05) is 48.2 Å². The van der Waals surface area contributed by atoms with Crippen molar-refractivity contribution in [2.24, 2.45) is 0 Å². The molecule has 152 valence electrons. The largest absolute Gasteiger partial charge is 0.454 e. The molecule has 1 aromatic heterocycles. The van der Waals surface area contributed by atoms with E-state index in [1.54, 1.807) is 0 Å². The Morgan fingerprint density at radius 2 is 1.83 bits per heavy atom. The molecule has 3 aromatic rings. The summed E-state index contributed by atoms with van der Waals surface area (Å²) in [6.45, 7) is 10.2. The van der Waals surface area contributed by atoms with Gasteiger partial charge in [-0.3, -0.25) is 9.69 Å². The average Bonchev–Trinajstić information content (AvgIpc) is 3.35. The van der Waals surface area contributed by atoms with Gasteiger partial charge in [0.05, 0.1) is 36.4 Å². The molecule has 2 aromatic carbocycles. The molecule has 1 amide bonds. The number of anilines is 1. The first-order valence-corrected chi connectivity index (χ1v) is 10.8. The Labute approximate surface area is 174 Å². The second-order valence-electron chi connectivity index (χ2n) is 7.20. The number of quaternary nitrogens is 1. The first-order chi connectivity index (χ1) is 14.1. The maximum absolute atomic E-state index is 13.4. The zero-order valence-electron chi connectivity index (χ0n) is 17.0. The lowest BCUT2D eigenvalue weighted by molar-refractivity contribution is -0.894. The van der Waals surface area contributed by atoms with Crippen LogP contribution in [0.15, 0.2) is 36.4 Å². The van der Waals surface area contributed by atoms with Crippen LogP contribution in [0.3, 0.4) is 0 Å². The summed E-state index contributed by atoms with van der Waals surface area (Å²) in [4.78, 5) is 21.4. The van der Waals surface area contributed by atoms with E-state index in [2.05, 4.69) is 13.8 Å². The predicted octanol–water partition coefficient (Wildman–Crippen LogP) is 2.90. The molecule has 0 unspecified atom stereocenters. The number of ether oxygens (including phenoxy) is 2. The molecule has 0 saturated heterocycles. The topological polar surface area (TPSA) is 56.1 Å². The van der Waals surface area contributed by atoms with E-state index in [0.29, 0.717) is 23.0 Å². The summed E-state index contributed by atoms with van der Waals surface area (Å²) in [5.41, 5.74) is 2.64. The Bertz CT molecular complexity index is 971. The molecule has 2 heterocycles. The third-order valence-corrected chi connectivity index (χ3v) is 6.38. The molecule has 0 saturated carbocycles. The van der Waals surface area contributed by atoms with E-state index >= 15 is 0 Å². The van der Waals surface area contributed by atoms with Crippen LogP contribution in [-0.2, 0) is 0 Å². The summed E-state index contributed by atoms with van der Waals surface area (Å²) in [6.07, 6.45) is 0. The number of hydrogen-bond donors (Lipinski definition) is 1. The molecule has 0 radical (unpaired) electrons. The van der Waals surface area contributed by atoms with Crippen LogP contribution in [0.5, 0.6) is 11.5 Å². The van der Waals surface area contributed by atoms with E-state index in [0.717, 1.165) is 41.2 Å². The number of aromatic nitrogens is 1. The third kappa shape index (κ3) is 4.06. The highest BCUT2D eigenvalue weighted by molar-refractivity contribution is 7.22. The molecule has 1 N–H and O–H groups in total. The number of amides is 1. The van der Waals surface area contributed by atoms with Crippen molar-refractivity contribution >= 4 is 32.6 Å². The highest BCUT2D eigenvalue weighted by atomic mass is 32.1. The van der Waals surface area contributed by atoms with Crippen LogP contribution in [0.1, 0.15) is 29.8 Å². The van der Waals surface area contributed by atoms with Crippen molar-refractivity contribution in [2.75, 3.05) is 37.9 Å². The van der Waals surface area contributed by atoms with Crippen LogP contribution in [0.2, 0.25) is 0 Å². The summed E-state index contributed by atoms with van der Waals surface area (Å²) < 4.78 is 11.9. The number of carbonyl (C=O) groups excluding carboxylic acids is 1. The number of likely N-dealkylation sites (N-methyl/N-ethyl adjacent to an activating group) is 1. The van der Waals surface area contributed by atoms with E-state index in [4.69, 9.17) is 14.5 Å². The van der Waals surface area contributed by atoms with Gasteiger partial charge in [0.15, 0.2) is 16.6 Å². The van der Waals surface area contributed by atoms with Gasteiger partial charge in [0.2, 0.25) is 6.79 Å². The molecule has 1 aliphatic rings. The van der Waals surface area contributed by atoms with Crippen LogP contribution in [0.4, 0.5) is 5.13 Å². The second kappa shape index (κ2) is 8.39. The Kier molecular flexibility index (Phi) is 5.69. The van der Waals surface area contributed by atoms with Crippen LogP contribution < -0.4 is 19.3 Å². The molecule has 6 nitrogen and oxygen atoms in total. The lowest BCUT2D eigenvalue weighted by Crippen LogP contribution is -3.12. The van der Waals surface area contributed by atoms with Gasteiger partial charge in [0.25, 0.3) is 5.91 Å². The predicted molar refractivity (Wildman–Crippen MR) is 116 cm³/mol. The van der Waals surface area contributed by atoms with Crippen LogP contribution in [-0.4, -0.2) is 43.9 Å². The van der Waals surface area contributed by atoms with Gasteiger partial charge in [0.1, 0.15) is 0 Å².